The fourth-order valence-corrected chi connectivity index (χ4v) is 3.71. The van der Waals surface area contributed by atoms with Gasteiger partial charge in [0.2, 0.25) is 0 Å². The van der Waals surface area contributed by atoms with Crippen LogP contribution in [0.25, 0.3) is 0 Å². The first-order valence-electron chi connectivity index (χ1n) is 6.20. The quantitative estimate of drug-likeness (QED) is 0.801. The summed E-state index contributed by atoms with van der Waals surface area (Å²) in [6.07, 6.45) is 7.94. The van der Waals surface area contributed by atoms with Gasteiger partial charge in [-0.15, -0.1) is 11.3 Å². The van der Waals surface area contributed by atoms with Gasteiger partial charge < -0.3 is 4.74 Å². The third kappa shape index (κ3) is 2.16. The Labute approximate surface area is 102 Å². The van der Waals surface area contributed by atoms with Gasteiger partial charge in [-0.25, -0.2) is 4.98 Å². The van der Waals surface area contributed by atoms with Crippen molar-refractivity contribution in [2.75, 3.05) is 7.11 Å². The van der Waals surface area contributed by atoms with Gasteiger partial charge in [-0.1, -0.05) is 20.3 Å². The molecule has 16 heavy (non-hydrogen) atoms. The SMILES string of the molecule is CCc1cnc(C2(OC)CCCC(C)C2)s1. The minimum atomic E-state index is -0.0875. The van der Waals surface area contributed by atoms with Crippen LogP contribution in [0.1, 0.15) is 49.4 Å². The van der Waals surface area contributed by atoms with Gasteiger partial charge >= 0.3 is 0 Å². The number of aryl methyl sites for hydroxylation is 1. The molecule has 1 saturated carbocycles. The molecule has 2 nitrogen and oxygen atoms in total. The predicted octanol–water partition coefficient (Wildman–Crippen LogP) is 3.76. The van der Waals surface area contributed by atoms with E-state index < -0.39 is 0 Å². The lowest BCUT2D eigenvalue weighted by atomic mass is 9.79. The summed E-state index contributed by atoms with van der Waals surface area (Å²) in [7, 11) is 1.84. The third-order valence-corrected chi connectivity index (χ3v) is 4.97. The lowest BCUT2D eigenvalue weighted by molar-refractivity contribution is -0.0580. The fraction of sp³-hybridized carbons (Fsp3) is 0.769. The van der Waals surface area contributed by atoms with Gasteiger partial charge in [-0.3, -0.25) is 0 Å². The molecule has 1 aliphatic carbocycles. The first-order valence-corrected chi connectivity index (χ1v) is 7.02. The molecule has 1 heterocycles. The molecule has 1 aliphatic rings. The van der Waals surface area contributed by atoms with Crippen LogP contribution in [-0.4, -0.2) is 12.1 Å². The van der Waals surface area contributed by atoms with Crippen molar-refractivity contribution >= 4 is 11.3 Å². The van der Waals surface area contributed by atoms with Gasteiger partial charge in [0.15, 0.2) is 0 Å². The van der Waals surface area contributed by atoms with Crippen LogP contribution in [0.15, 0.2) is 6.20 Å². The average Bonchev–Trinajstić information content (AvgIpc) is 2.78. The number of ether oxygens (including phenoxy) is 1. The monoisotopic (exact) mass is 239 g/mol. The summed E-state index contributed by atoms with van der Waals surface area (Å²) in [5.41, 5.74) is -0.0875. The van der Waals surface area contributed by atoms with Crippen LogP contribution in [-0.2, 0) is 16.8 Å². The molecule has 0 N–H and O–H groups in total. The van der Waals surface area contributed by atoms with Crippen molar-refractivity contribution in [1.82, 2.24) is 4.98 Å². The van der Waals surface area contributed by atoms with Crippen LogP contribution >= 0.6 is 11.3 Å². The number of hydrogen-bond donors (Lipinski definition) is 0. The highest BCUT2D eigenvalue weighted by atomic mass is 32.1. The summed E-state index contributed by atoms with van der Waals surface area (Å²) < 4.78 is 5.84. The van der Waals surface area contributed by atoms with Gasteiger partial charge in [0.05, 0.1) is 0 Å². The maximum atomic E-state index is 5.84. The molecule has 0 saturated heterocycles. The average molecular weight is 239 g/mol. The van der Waals surface area contributed by atoms with E-state index in [-0.39, 0.29) is 5.60 Å². The third-order valence-electron chi connectivity index (χ3n) is 3.64. The summed E-state index contributed by atoms with van der Waals surface area (Å²) in [6.45, 7) is 4.50. The number of methoxy groups -OCH3 is 1. The Kier molecular flexibility index (Phi) is 3.65. The molecule has 1 aromatic heterocycles. The zero-order chi connectivity index (χ0) is 11.6. The predicted molar refractivity (Wildman–Crippen MR) is 67.8 cm³/mol. The molecule has 0 spiro atoms. The number of thiazole rings is 1. The van der Waals surface area contributed by atoms with E-state index in [1.54, 1.807) is 0 Å². The van der Waals surface area contributed by atoms with E-state index in [2.05, 4.69) is 18.8 Å². The molecule has 0 aliphatic heterocycles. The molecular weight excluding hydrogens is 218 g/mol. The summed E-state index contributed by atoms with van der Waals surface area (Å²) in [6, 6.07) is 0. The lowest BCUT2D eigenvalue weighted by Crippen LogP contribution is -2.34. The molecule has 90 valence electrons. The standard InChI is InChI=1S/C13H21NOS/c1-4-11-9-14-12(16-11)13(15-3)7-5-6-10(2)8-13/h9-10H,4-8H2,1-3H3. The molecule has 1 aromatic rings. The Morgan fingerprint density at radius 1 is 1.62 bits per heavy atom. The Morgan fingerprint density at radius 3 is 3.00 bits per heavy atom. The van der Waals surface area contributed by atoms with E-state index in [4.69, 9.17) is 4.74 Å². The van der Waals surface area contributed by atoms with Crippen molar-refractivity contribution in [3.8, 4) is 0 Å². The van der Waals surface area contributed by atoms with Gasteiger partial charge in [-0.05, 0) is 31.6 Å². The van der Waals surface area contributed by atoms with Crippen LogP contribution in [0.4, 0.5) is 0 Å². The Morgan fingerprint density at radius 2 is 2.44 bits per heavy atom. The molecule has 1 fully saturated rings. The molecule has 2 atom stereocenters. The van der Waals surface area contributed by atoms with Crippen molar-refractivity contribution in [3.05, 3.63) is 16.1 Å². The topological polar surface area (TPSA) is 22.1 Å². The molecule has 2 rings (SSSR count). The van der Waals surface area contributed by atoms with Gasteiger partial charge in [0.1, 0.15) is 10.6 Å². The maximum absolute atomic E-state index is 5.84. The fourth-order valence-electron chi connectivity index (χ4n) is 2.65. The first-order chi connectivity index (χ1) is 7.70. The van der Waals surface area contributed by atoms with E-state index in [1.165, 1.54) is 22.7 Å². The van der Waals surface area contributed by atoms with E-state index in [9.17, 15) is 0 Å². The molecule has 0 aromatic carbocycles. The second-order valence-electron chi connectivity index (χ2n) is 4.89. The number of rotatable bonds is 3. The number of nitrogens with zero attached hydrogens (tertiary/aromatic N) is 1. The van der Waals surface area contributed by atoms with Crippen LogP contribution < -0.4 is 0 Å². The van der Waals surface area contributed by atoms with Gasteiger partial charge in [-0.2, -0.15) is 0 Å². The molecule has 0 amide bonds. The van der Waals surface area contributed by atoms with Gasteiger partial charge in [0, 0.05) is 18.2 Å². The summed E-state index contributed by atoms with van der Waals surface area (Å²) in [5.74, 6) is 0.752. The second kappa shape index (κ2) is 4.84. The van der Waals surface area contributed by atoms with E-state index >= 15 is 0 Å². The second-order valence-corrected chi connectivity index (χ2v) is 6.00. The van der Waals surface area contributed by atoms with Gasteiger partial charge in [0.25, 0.3) is 0 Å². The minimum Gasteiger partial charge on any atom is -0.371 e. The van der Waals surface area contributed by atoms with E-state index in [0.29, 0.717) is 0 Å². The largest absolute Gasteiger partial charge is 0.371 e. The summed E-state index contributed by atoms with van der Waals surface area (Å²) in [4.78, 5) is 5.95. The lowest BCUT2D eigenvalue weighted by Gasteiger charge is -2.37. The molecular formula is C13H21NOS. The zero-order valence-electron chi connectivity index (χ0n) is 10.5. The van der Waals surface area contributed by atoms with Crippen molar-refractivity contribution in [1.29, 1.82) is 0 Å². The smallest absolute Gasteiger partial charge is 0.125 e. The summed E-state index contributed by atoms with van der Waals surface area (Å²) >= 11 is 1.83. The Bertz CT molecular complexity index is 349. The maximum Gasteiger partial charge on any atom is 0.125 e. The van der Waals surface area contributed by atoms with Crippen molar-refractivity contribution in [2.24, 2.45) is 5.92 Å². The Hall–Kier alpha value is -0.410. The highest BCUT2D eigenvalue weighted by Gasteiger charge is 2.39. The van der Waals surface area contributed by atoms with E-state index in [0.717, 1.165) is 25.2 Å². The molecule has 3 heteroatoms. The Balaban J connectivity index is 2.25. The van der Waals surface area contributed by atoms with Crippen molar-refractivity contribution in [3.63, 3.8) is 0 Å². The summed E-state index contributed by atoms with van der Waals surface area (Å²) in [5, 5.41) is 1.19. The first kappa shape index (κ1) is 12.1. The molecule has 2 unspecified atom stereocenters. The zero-order valence-corrected chi connectivity index (χ0v) is 11.3. The van der Waals surface area contributed by atoms with Crippen LogP contribution in [0.2, 0.25) is 0 Å². The minimum absolute atomic E-state index is 0.0875. The van der Waals surface area contributed by atoms with Crippen LogP contribution in [0, 0.1) is 5.92 Å². The number of hydrogen-bond acceptors (Lipinski definition) is 3. The van der Waals surface area contributed by atoms with Crippen LogP contribution in [0.3, 0.4) is 0 Å². The molecule has 0 radical (unpaired) electrons. The normalized spacial score (nSPS) is 30.6. The van der Waals surface area contributed by atoms with Crippen molar-refractivity contribution in [2.45, 2.75) is 51.6 Å². The number of aromatic nitrogens is 1. The van der Waals surface area contributed by atoms with Crippen LogP contribution in [0.5, 0.6) is 0 Å². The van der Waals surface area contributed by atoms with Crippen molar-refractivity contribution < 1.29 is 4.74 Å². The van der Waals surface area contributed by atoms with E-state index in [1.807, 2.05) is 24.6 Å². The highest BCUT2D eigenvalue weighted by molar-refractivity contribution is 7.11. The highest BCUT2D eigenvalue weighted by Crippen LogP contribution is 2.43. The molecule has 0 bridgehead atoms.